The van der Waals surface area contributed by atoms with Gasteiger partial charge in [-0.2, -0.15) is 0 Å². The quantitative estimate of drug-likeness (QED) is 0.108. The molecule has 33 heavy (non-hydrogen) atoms. The first-order chi connectivity index (χ1) is 15.8. The normalized spacial score (nSPS) is 22.7. The molecule has 0 heterocycles. The van der Waals surface area contributed by atoms with Gasteiger partial charge in [0.2, 0.25) is 0 Å². The van der Waals surface area contributed by atoms with Crippen LogP contribution in [0, 0.1) is 22.0 Å². The van der Waals surface area contributed by atoms with Gasteiger partial charge in [0.15, 0.2) is 0 Å². The van der Waals surface area contributed by atoms with Crippen LogP contribution in [0.25, 0.3) is 0 Å². The highest BCUT2D eigenvalue weighted by Gasteiger charge is 2.39. The Morgan fingerprint density at radius 2 is 2.03 bits per heavy atom. The SMILES string of the molecule is CCCCC[C@H](O)/C=C/[C@H]1[C@H](O)CC(=O)[C@@H]1C/C=C\CCCC(=O)OC(CC)CO[N+](=O)[O-]. The molecule has 9 heteroatoms. The van der Waals surface area contributed by atoms with Crippen molar-refractivity contribution < 1.29 is 34.5 Å². The number of ether oxygens (including phenoxy) is 1. The maximum atomic E-state index is 12.3. The van der Waals surface area contributed by atoms with E-state index >= 15 is 0 Å². The molecule has 1 unspecified atom stereocenters. The van der Waals surface area contributed by atoms with Crippen LogP contribution < -0.4 is 0 Å². The predicted molar refractivity (Wildman–Crippen MR) is 123 cm³/mol. The lowest BCUT2D eigenvalue weighted by molar-refractivity contribution is -0.759. The van der Waals surface area contributed by atoms with E-state index in [9.17, 15) is 29.9 Å². The van der Waals surface area contributed by atoms with Crippen LogP contribution in [0.15, 0.2) is 24.3 Å². The zero-order chi connectivity index (χ0) is 24.6. The molecule has 1 saturated carbocycles. The summed E-state index contributed by atoms with van der Waals surface area (Å²) in [5.74, 6) is -1.02. The molecule has 0 radical (unpaired) electrons. The van der Waals surface area contributed by atoms with Crippen molar-refractivity contribution in [1.82, 2.24) is 0 Å². The lowest BCUT2D eigenvalue weighted by Gasteiger charge is -2.16. The molecule has 0 amide bonds. The number of Topliss-reactive ketones (excluding diaryl/α,β-unsaturated/α-hetero) is 1. The van der Waals surface area contributed by atoms with Gasteiger partial charge in [-0.1, -0.05) is 57.4 Å². The van der Waals surface area contributed by atoms with E-state index in [1.807, 2.05) is 12.2 Å². The third-order valence-corrected chi connectivity index (χ3v) is 5.82. The molecule has 0 aliphatic heterocycles. The van der Waals surface area contributed by atoms with E-state index in [0.29, 0.717) is 32.1 Å². The second kappa shape index (κ2) is 16.4. The van der Waals surface area contributed by atoms with Gasteiger partial charge in [0, 0.05) is 24.7 Å². The highest BCUT2D eigenvalue weighted by molar-refractivity contribution is 5.84. The Balaban J connectivity index is 2.38. The molecule has 1 fully saturated rings. The Hall–Kier alpha value is -2.26. The molecular formula is C24H39NO8. The summed E-state index contributed by atoms with van der Waals surface area (Å²) in [6, 6.07) is 0. The molecule has 0 saturated heterocycles. The van der Waals surface area contributed by atoms with Crippen LogP contribution in [0.2, 0.25) is 0 Å². The molecule has 2 N–H and O–H groups in total. The Kier molecular flexibility index (Phi) is 14.3. The van der Waals surface area contributed by atoms with Crippen LogP contribution >= 0.6 is 0 Å². The van der Waals surface area contributed by atoms with E-state index in [0.717, 1.165) is 19.3 Å². The zero-order valence-corrected chi connectivity index (χ0v) is 19.8. The molecule has 188 valence electrons. The minimum absolute atomic E-state index is 0.0217. The van der Waals surface area contributed by atoms with Crippen molar-refractivity contribution in [3.05, 3.63) is 34.4 Å². The molecule has 0 aromatic rings. The Labute approximate surface area is 195 Å². The van der Waals surface area contributed by atoms with Crippen LogP contribution in [0.4, 0.5) is 0 Å². The summed E-state index contributed by atoms with van der Waals surface area (Å²) in [7, 11) is 0. The second-order valence-electron chi connectivity index (χ2n) is 8.51. The third-order valence-electron chi connectivity index (χ3n) is 5.82. The van der Waals surface area contributed by atoms with Gasteiger partial charge >= 0.3 is 5.97 Å². The van der Waals surface area contributed by atoms with Gasteiger partial charge in [-0.15, -0.1) is 10.1 Å². The summed E-state index contributed by atoms with van der Waals surface area (Å²) in [4.78, 5) is 38.6. The van der Waals surface area contributed by atoms with Crippen LogP contribution in [0.5, 0.6) is 0 Å². The van der Waals surface area contributed by atoms with Crippen LogP contribution in [0.1, 0.15) is 78.1 Å². The number of unbranched alkanes of at least 4 members (excludes halogenated alkanes) is 3. The van der Waals surface area contributed by atoms with Crippen molar-refractivity contribution in [2.75, 3.05) is 6.61 Å². The first-order valence-electron chi connectivity index (χ1n) is 12.0. The van der Waals surface area contributed by atoms with E-state index in [-0.39, 0.29) is 37.1 Å². The van der Waals surface area contributed by atoms with Gasteiger partial charge in [-0.3, -0.25) is 9.59 Å². The lowest BCUT2D eigenvalue weighted by atomic mass is 9.90. The number of hydrogen-bond acceptors (Lipinski definition) is 8. The minimum atomic E-state index is -0.911. The van der Waals surface area contributed by atoms with E-state index in [2.05, 4.69) is 11.8 Å². The Bertz CT molecular complexity index is 663. The van der Waals surface area contributed by atoms with Crippen molar-refractivity contribution in [2.45, 2.75) is 96.4 Å². The summed E-state index contributed by atoms with van der Waals surface area (Å²) in [5.41, 5.74) is 0. The van der Waals surface area contributed by atoms with Crippen LogP contribution in [-0.2, 0) is 19.2 Å². The molecule has 5 atom stereocenters. The second-order valence-corrected chi connectivity index (χ2v) is 8.51. The number of esters is 1. The summed E-state index contributed by atoms with van der Waals surface area (Å²) in [6.45, 7) is 3.58. The fraction of sp³-hybridized carbons (Fsp3) is 0.750. The summed E-state index contributed by atoms with van der Waals surface area (Å²) in [5, 5.41) is 29.6. The Morgan fingerprint density at radius 3 is 2.70 bits per heavy atom. The van der Waals surface area contributed by atoms with Crippen molar-refractivity contribution >= 4 is 11.8 Å². The fourth-order valence-corrected chi connectivity index (χ4v) is 3.83. The van der Waals surface area contributed by atoms with Crippen molar-refractivity contribution in [3.63, 3.8) is 0 Å². The van der Waals surface area contributed by atoms with Crippen LogP contribution in [0.3, 0.4) is 0 Å². The monoisotopic (exact) mass is 469 g/mol. The van der Waals surface area contributed by atoms with Gasteiger partial charge < -0.3 is 19.8 Å². The number of carbonyl (C=O) groups excluding carboxylic acids is 2. The molecular weight excluding hydrogens is 430 g/mol. The van der Waals surface area contributed by atoms with Crippen molar-refractivity contribution in [2.24, 2.45) is 11.8 Å². The average molecular weight is 470 g/mol. The molecule has 9 nitrogen and oxygen atoms in total. The van der Waals surface area contributed by atoms with E-state index in [1.165, 1.54) is 0 Å². The topological polar surface area (TPSA) is 136 Å². The average Bonchev–Trinajstić information content (AvgIpc) is 3.04. The molecule has 0 spiro atoms. The number of rotatable bonds is 17. The van der Waals surface area contributed by atoms with E-state index in [4.69, 9.17) is 4.74 Å². The smallest absolute Gasteiger partial charge is 0.306 e. The standard InChI is InChI=1S/C24H39NO8/c1-3-5-8-11-18(26)14-15-21-20(22(27)16-23(21)28)12-9-6-7-10-13-24(29)33-19(4-2)17-32-25(30)31/h6,9,14-15,18-21,23,26,28H,3-5,7-8,10-13,16-17H2,1-2H3/b9-6-,15-14+/t18-,19?,20+,21+,23+/m0/s1. The fourth-order valence-electron chi connectivity index (χ4n) is 3.83. The zero-order valence-electron chi connectivity index (χ0n) is 19.8. The molecule has 0 aromatic heterocycles. The lowest BCUT2D eigenvalue weighted by Crippen LogP contribution is -2.24. The van der Waals surface area contributed by atoms with Gasteiger partial charge in [-0.25, -0.2) is 0 Å². The number of nitrogens with zero attached hydrogens (tertiary/aromatic N) is 1. The van der Waals surface area contributed by atoms with Gasteiger partial charge in [-0.05, 0) is 32.1 Å². The molecule has 1 aliphatic carbocycles. The number of allylic oxidation sites excluding steroid dienone is 2. The van der Waals surface area contributed by atoms with Gasteiger partial charge in [0.05, 0.1) is 12.2 Å². The summed E-state index contributed by atoms with van der Waals surface area (Å²) < 4.78 is 5.16. The minimum Gasteiger partial charge on any atom is -0.460 e. The molecule has 1 rings (SSSR count). The van der Waals surface area contributed by atoms with Crippen LogP contribution in [-0.4, -0.2) is 52.0 Å². The predicted octanol–water partition coefficient (Wildman–Crippen LogP) is 3.70. The van der Waals surface area contributed by atoms with Gasteiger partial charge in [0.1, 0.15) is 18.5 Å². The van der Waals surface area contributed by atoms with Crippen molar-refractivity contribution in [1.29, 1.82) is 0 Å². The van der Waals surface area contributed by atoms with Crippen molar-refractivity contribution in [3.8, 4) is 0 Å². The maximum absolute atomic E-state index is 12.3. The first-order valence-corrected chi connectivity index (χ1v) is 12.0. The first kappa shape index (κ1) is 28.8. The molecule has 0 aromatic carbocycles. The number of ketones is 1. The largest absolute Gasteiger partial charge is 0.460 e. The molecule has 1 aliphatic rings. The molecule has 0 bridgehead atoms. The summed E-state index contributed by atoms with van der Waals surface area (Å²) >= 11 is 0. The van der Waals surface area contributed by atoms with E-state index < -0.39 is 29.4 Å². The number of aliphatic hydroxyl groups is 2. The third kappa shape index (κ3) is 12.0. The maximum Gasteiger partial charge on any atom is 0.306 e. The van der Waals surface area contributed by atoms with Gasteiger partial charge in [0.25, 0.3) is 5.09 Å². The van der Waals surface area contributed by atoms with E-state index in [1.54, 1.807) is 19.1 Å². The number of carbonyl (C=O) groups is 2. The summed E-state index contributed by atoms with van der Waals surface area (Å²) in [6.07, 6.45) is 11.5. The highest BCUT2D eigenvalue weighted by Crippen LogP contribution is 2.33. The number of aliphatic hydroxyl groups excluding tert-OH is 2. The Morgan fingerprint density at radius 1 is 1.27 bits per heavy atom. The number of hydrogen-bond donors (Lipinski definition) is 2. The highest BCUT2D eigenvalue weighted by atomic mass is 17.0.